The van der Waals surface area contributed by atoms with Crippen molar-refractivity contribution < 1.29 is 29.4 Å². The van der Waals surface area contributed by atoms with Crippen LogP contribution in [0.25, 0.3) is 26.6 Å². The first-order chi connectivity index (χ1) is 31.9. The summed E-state index contributed by atoms with van der Waals surface area (Å²) in [5, 5.41) is 36.1. The highest BCUT2D eigenvalue weighted by Crippen LogP contribution is 2.40. The Kier molecular flexibility index (Phi) is 13.4. The summed E-state index contributed by atoms with van der Waals surface area (Å²) in [7, 11) is 0. The smallest absolute Gasteiger partial charge is 0.306 e. The zero-order chi connectivity index (χ0) is 47.9. The number of fused-ring (bicyclic) bond motifs is 3. The van der Waals surface area contributed by atoms with Crippen molar-refractivity contribution in [3.05, 3.63) is 128 Å². The van der Waals surface area contributed by atoms with Gasteiger partial charge < -0.3 is 25.7 Å². The first kappa shape index (κ1) is 47.1. The standard InChI is InChI=1S/C51H56N8O6S2/c1-27-30(4)67-50-43(27)44(54-39(24-42(62)63)47-57-56-31(5)59(47)50)36-18-16-35(17-19-36)34-12-9-32(10-13-34)11-22-41(61)55-46(51(6,7)8)49(65)58-25-38(60)23-40(58)48(64)53-28(2)33-14-20-37(21-15-33)45-29(3)52-26-66-45/h9-10,12-21,26,28,38-40,46,60H,11,22-25H2,1-8H3,(H,53,64)(H,55,61)(H,62,63)/t28-,38+,39-,40-,46+/m0/s1. The van der Waals surface area contributed by atoms with Crippen LogP contribution in [0.2, 0.25) is 0 Å². The molecule has 8 rings (SSSR count). The van der Waals surface area contributed by atoms with Gasteiger partial charge in [0, 0.05) is 35.4 Å². The molecule has 0 saturated carbocycles. The summed E-state index contributed by atoms with van der Waals surface area (Å²) in [4.78, 5) is 66.5. The Bertz CT molecular complexity index is 2860. The summed E-state index contributed by atoms with van der Waals surface area (Å²) in [6, 6.07) is 21.2. The van der Waals surface area contributed by atoms with E-state index in [1.807, 2.05) is 124 Å². The predicted molar refractivity (Wildman–Crippen MR) is 261 cm³/mol. The van der Waals surface area contributed by atoms with Crippen molar-refractivity contribution in [3.63, 3.8) is 0 Å². The number of aromatic nitrogens is 4. The van der Waals surface area contributed by atoms with Crippen LogP contribution in [-0.4, -0.2) is 89.0 Å². The molecular formula is C51H56N8O6S2. The maximum absolute atomic E-state index is 14.2. The number of benzene rings is 3. The van der Waals surface area contributed by atoms with Gasteiger partial charge in [-0.25, -0.2) is 4.98 Å². The molecule has 1 fully saturated rings. The quantitative estimate of drug-likeness (QED) is 0.0888. The van der Waals surface area contributed by atoms with Crippen molar-refractivity contribution in [2.45, 2.75) is 111 Å². The summed E-state index contributed by atoms with van der Waals surface area (Å²) in [6.07, 6.45) is -0.406. The number of amides is 3. The molecule has 0 bridgehead atoms. The van der Waals surface area contributed by atoms with Crippen molar-refractivity contribution in [2.24, 2.45) is 10.4 Å². The molecule has 0 radical (unpaired) electrons. The van der Waals surface area contributed by atoms with Gasteiger partial charge in [0.25, 0.3) is 0 Å². The van der Waals surface area contributed by atoms with Crippen LogP contribution in [0.3, 0.4) is 0 Å². The largest absolute Gasteiger partial charge is 0.481 e. The van der Waals surface area contributed by atoms with Crippen molar-refractivity contribution in [1.29, 1.82) is 0 Å². The number of aliphatic hydroxyl groups is 1. The zero-order valence-electron chi connectivity index (χ0n) is 39.0. The lowest BCUT2D eigenvalue weighted by atomic mass is 9.85. The van der Waals surface area contributed by atoms with Crippen LogP contribution in [0.5, 0.6) is 0 Å². The molecule has 5 heterocycles. The number of carbonyl (C=O) groups excluding carboxylic acids is 3. The van der Waals surface area contributed by atoms with Gasteiger partial charge in [-0.1, -0.05) is 93.6 Å². The Morgan fingerprint density at radius 1 is 0.866 bits per heavy atom. The van der Waals surface area contributed by atoms with E-state index in [4.69, 9.17) is 4.99 Å². The third-order valence-corrected chi connectivity index (χ3v) is 14.9. The summed E-state index contributed by atoms with van der Waals surface area (Å²) in [5.41, 5.74) is 10.6. The number of carboxylic acid groups (broad SMARTS) is 1. The van der Waals surface area contributed by atoms with Gasteiger partial charge in [-0.05, 0) is 79.8 Å². The number of nitrogens with zero attached hydrogens (tertiary/aromatic N) is 6. The molecule has 3 amide bonds. The normalized spacial score (nSPS) is 17.8. The number of hydrogen-bond acceptors (Lipinski definition) is 11. The van der Waals surface area contributed by atoms with Crippen LogP contribution in [0.4, 0.5) is 0 Å². The second-order valence-electron chi connectivity index (χ2n) is 18.7. The fourth-order valence-corrected chi connectivity index (χ4v) is 10.9. The lowest BCUT2D eigenvalue weighted by Crippen LogP contribution is -2.57. The molecule has 348 valence electrons. The molecule has 0 aliphatic carbocycles. The Morgan fingerprint density at radius 2 is 1.51 bits per heavy atom. The van der Waals surface area contributed by atoms with Crippen LogP contribution in [0.15, 0.2) is 83.3 Å². The number of β-amino-alcohol motifs (C(OH)–C–C–N with tert-alkyl or cyclic N) is 1. The predicted octanol–water partition coefficient (Wildman–Crippen LogP) is 8.02. The molecule has 0 unspecified atom stereocenters. The zero-order valence-corrected chi connectivity index (χ0v) is 40.6. The highest BCUT2D eigenvalue weighted by Gasteiger charge is 2.45. The average molecular weight is 941 g/mol. The van der Waals surface area contributed by atoms with E-state index in [2.05, 4.69) is 39.7 Å². The Balaban J connectivity index is 0.902. The first-order valence-corrected chi connectivity index (χ1v) is 24.2. The third-order valence-electron chi connectivity index (χ3n) is 12.8. The van der Waals surface area contributed by atoms with E-state index in [9.17, 15) is 29.4 Å². The Morgan fingerprint density at radius 3 is 2.13 bits per heavy atom. The van der Waals surface area contributed by atoms with Crippen LogP contribution in [0.1, 0.15) is 109 Å². The highest BCUT2D eigenvalue weighted by atomic mass is 32.1. The summed E-state index contributed by atoms with van der Waals surface area (Å²) in [6.45, 7) is 15.5. The molecule has 5 atom stereocenters. The number of aryl methyl sites for hydroxylation is 4. The van der Waals surface area contributed by atoms with Crippen molar-refractivity contribution in [2.75, 3.05) is 6.54 Å². The maximum atomic E-state index is 14.2. The van der Waals surface area contributed by atoms with Crippen molar-refractivity contribution >= 4 is 52.1 Å². The van der Waals surface area contributed by atoms with Gasteiger partial charge in [-0.2, -0.15) is 0 Å². The second kappa shape index (κ2) is 19.1. The van der Waals surface area contributed by atoms with E-state index in [1.165, 1.54) is 4.90 Å². The molecule has 14 nitrogen and oxygen atoms in total. The van der Waals surface area contributed by atoms with E-state index in [1.54, 1.807) is 22.7 Å². The first-order valence-electron chi connectivity index (χ1n) is 22.5. The number of carbonyl (C=O) groups is 4. The maximum Gasteiger partial charge on any atom is 0.306 e. The van der Waals surface area contributed by atoms with Gasteiger partial charge in [-0.15, -0.1) is 32.9 Å². The van der Waals surface area contributed by atoms with E-state index in [0.717, 1.165) is 70.7 Å². The van der Waals surface area contributed by atoms with Crippen molar-refractivity contribution in [3.8, 4) is 26.6 Å². The van der Waals surface area contributed by atoms with E-state index >= 15 is 0 Å². The highest BCUT2D eigenvalue weighted by molar-refractivity contribution is 7.15. The van der Waals surface area contributed by atoms with Crippen LogP contribution in [-0.2, 0) is 25.6 Å². The fourth-order valence-electron chi connectivity index (χ4n) is 8.88. The molecule has 2 aliphatic heterocycles. The van der Waals surface area contributed by atoms with E-state index < -0.39 is 41.5 Å². The fraction of sp³-hybridized carbons (Fsp3) is 0.373. The molecule has 67 heavy (non-hydrogen) atoms. The molecule has 0 spiro atoms. The number of aliphatic imine (C=N–C) groups is 1. The number of rotatable bonds is 13. The summed E-state index contributed by atoms with van der Waals surface area (Å²) < 4.78 is 1.94. The number of nitrogens with one attached hydrogen (secondary N) is 2. The molecule has 3 aromatic heterocycles. The molecule has 2 aliphatic rings. The average Bonchev–Trinajstić information content (AvgIpc) is 4.06. The van der Waals surface area contributed by atoms with Crippen LogP contribution in [0, 0.1) is 33.1 Å². The van der Waals surface area contributed by atoms with Gasteiger partial charge in [0.1, 0.15) is 29.0 Å². The van der Waals surface area contributed by atoms with E-state index in [-0.39, 0.29) is 43.7 Å². The monoisotopic (exact) mass is 940 g/mol. The number of thiophene rings is 1. The lowest BCUT2D eigenvalue weighted by molar-refractivity contribution is -0.144. The molecule has 16 heteroatoms. The van der Waals surface area contributed by atoms with Gasteiger partial charge in [-0.3, -0.25) is 28.7 Å². The number of aliphatic carboxylic acids is 1. The lowest BCUT2D eigenvalue weighted by Gasteiger charge is -2.35. The van der Waals surface area contributed by atoms with Crippen LogP contribution >= 0.6 is 22.7 Å². The minimum Gasteiger partial charge on any atom is -0.481 e. The molecular weight excluding hydrogens is 885 g/mol. The van der Waals surface area contributed by atoms with Crippen LogP contribution < -0.4 is 10.6 Å². The topological polar surface area (TPSA) is 192 Å². The Labute approximate surface area is 398 Å². The van der Waals surface area contributed by atoms with Gasteiger partial charge in [0.05, 0.1) is 40.4 Å². The number of likely N-dealkylation sites (tertiary alicyclic amines) is 1. The minimum atomic E-state index is -0.968. The third kappa shape index (κ3) is 9.88. The van der Waals surface area contributed by atoms with Gasteiger partial charge >= 0.3 is 5.97 Å². The molecule has 1 saturated heterocycles. The Hall–Kier alpha value is -6.36. The number of thiazole rings is 1. The summed E-state index contributed by atoms with van der Waals surface area (Å²) >= 11 is 3.20. The van der Waals surface area contributed by atoms with Gasteiger partial charge in [0.2, 0.25) is 17.7 Å². The van der Waals surface area contributed by atoms with E-state index in [0.29, 0.717) is 18.1 Å². The van der Waals surface area contributed by atoms with Crippen molar-refractivity contribution in [1.82, 2.24) is 35.3 Å². The minimum absolute atomic E-state index is 0.00698. The molecule has 3 aromatic carbocycles. The van der Waals surface area contributed by atoms with Gasteiger partial charge in [0.15, 0.2) is 5.82 Å². The molecule has 4 N–H and O–H groups in total. The SMILES string of the molecule is Cc1ncsc1-c1ccc([C@H](C)NC(=O)[C@@H]2C[C@@H](O)CN2C(=O)[C@@H](NC(=O)CCc2ccc(-c3ccc(C4=N[C@@H](CC(=O)O)c5nnc(C)n5-c5sc(C)c(C)c54)cc3)cc2)C(C)(C)C)cc1. The second-order valence-corrected chi connectivity index (χ2v) is 20.7. The number of carboxylic acids is 1. The number of hydrogen-bond donors (Lipinski definition) is 4. The summed E-state index contributed by atoms with van der Waals surface area (Å²) in [5.74, 6) is -0.835. The number of aliphatic hydroxyl groups excluding tert-OH is 1. The molecule has 6 aromatic rings.